The van der Waals surface area contributed by atoms with Crippen LogP contribution in [0.4, 0.5) is 4.79 Å². The topological polar surface area (TPSA) is 64.6 Å². The molecule has 24 heavy (non-hydrogen) atoms. The van der Waals surface area contributed by atoms with Crippen molar-refractivity contribution in [2.75, 3.05) is 13.7 Å². The number of esters is 1. The van der Waals surface area contributed by atoms with Gasteiger partial charge in [0, 0.05) is 12.6 Å². The molecule has 0 saturated heterocycles. The van der Waals surface area contributed by atoms with Gasteiger partial charge in [-0.1, -0.05) is 60.7 Å². The first-order valence-electron chi connectivity index (χ1n) is 7.47. The van der Waals surface area contributed by atoms with Crippen molar-refractivity contribution in [3.63, 3.8) is 0 Å². The van der Waals surface area contributed by atoms with E-state index in [4.69, 9.17) is 4.74 Å². The van der Waals surface area contributed by atoms with Crippen LogP contribution in [0.25, 0.3) is 5.57 Å². The predicted octanol–water partition coefficient (Wildman–Crippen LogP) is 3.17. The summed E-state index contributed by atoms with van der Waals surface area (Å²) in [6, 6.07) is 18.7. The molecule has 0 aromatic heterocycles. The van der Waals surface area contributed by atoms with Crippen LogP contribution in [0.2, 0.25) is 0 Å². The highest BCUT2D eigenvalue weighted by atomic mass is 16.5. The molecule has 2 aromatic carbocycles. The Morgan fingerprint density at radius 2 is 1.62 bits per heavy atom. The summed E-state index contributed by atoms with van der Waals surface area (Å²) >= 11 is 0. The van der Waals surface area contributed by atoms with E-state index in [2.05, 4.69) is 10.1 Å². The van der Waals surface area contributed by atoms with Crippen LogP contribution in [-0.4, -0.2) is 25.7 Å². The molecule has 5 nitrogen and oxygen atoms in total. The van der Waals surface area contributed by atoms with Crippen molar-refractivity contribution in [1.82, 2.24) is 5.32 Å². The minimum atomic E-state index is -0.550. The fraction of sp³-hybridized carbons (Fsp3) is 0.158. The molecular formula is C19H19NO4. The number of methoxy groups -OCH3 is 1. The Bertz CT molecular complexity index is 696. The zero-order valence-electron chi connectivity index (χ0n) is 13.4. The van der Waals surface area contributed by atoms with Crippen molar-refractivity contribution in [3.05, 3.63) is 77.9 Å². The number of carbonyl (C=O) groups excluding carboxylic acids is 2. The minimum absolute atomic E-state index is 0.159. The van der Waals surface area contributed by atoms with Gasteiger partial charge in [0.15, 0.2) is 0 Å². The molecule has 124 valence electrons. The number of rotatable bonds is 6. The highest BCUT2D eigenvalue weighted by Gasteiger charge is 2.08. The number of nitrogens with one attached hydrogen (secondary N) is 1. The predicted molar refractivity (Wildman–Crippen MR) is 91.1 cm³/mol. The summed E-state index contributed by atoms with van der Waals surface area (Å²) in [5.74, 6) is -0.478. The van der Waals surface area contributed by atoms with Gasteiger partial charge in [0.05, 0.1) is 7.11 Å². The van der Waals surface area contributed by atoms with Crippen LogP contribution in [-0.2, 0) is 20.9 Å². The molecule has 0 radical (unpaired) electrons. The number of ether oxygens (including phenoxy) is 2. The second kappa shape index (κ2) is 9.15. The SMILES string of the molecule is COC(=O)C=C(CNC(=O)OCc1ccccc1)c1ccccc1. The molecule has 0 unspecified atom stereocenters. The first-order valence-corrected chi connectivity index (χ1v) is 7.47. The largest absolute Gasteiger partial charge is 0.466 e. The van der Waals surface area contributed by atoms with Gasteiger partial charge in [-0.05, 0) is 16.7 Å². The average molecular weight is 325 g/mol. The van der Waals surface area contributed by atoms with Crippen molar-refractivity contribution in [2.24, 2.45) is 0 Å². The van der Waals surface area contributed by atoms with E-state index in [0.717, 1.165) is 11.1 Å². The second-order valence-corrected chi connectivity index (χ2v) is 4.97. The van der Waals surface area contributed by atoms with Crippen LogP contribution < -0.4 is 5.32 Å². The van der Waals surface area contributed by atoms with Gasteiger partial charge in [0.25, 0.3) is 0 Å². The maximum absolute atomic E-state index is 11.8. The van der Waals surface area contributed by atoms with Gasteiger partial charge in [-0.25, -0.2) is 9.59 Å². The van der Waals surface area contributed by atoms with Crippen LogP contribution in [0.15, 0.2) is 66.7 Å². The number of hydrogen-bond donors (Lipinski definition) is 1. The molecule has 0 saturated carbocycles. The molecule has 0 atom stereocenters. The van der Waals surface area contributed by atoms with E-state index in [1.807, 2.05) is 60.7 Å². The molecule has 5 heteroatoms. The molecule has 0 aliphatic heterocycles. The van der Waals surface area contributed by atoms with Crippen molar-refractivity contribution in [1.29, 1.82) is 0 Å². The fourth-order valence-electron chi connectivity index (χ4n) is 2.03. The number of amides is 1. The van der Waals surface area contributed by atoms with Gasteiger partial charge in [-0.2, -0.15) is 0 Å². The number of hydrogen-bond acceptors (Lipinski definition) is 4. The van der Waals surface area contributed by atoms with Gasteiger partial charge in [0.1, 0.15) is 6.61 Å². The van der Waals surface area contributed by atoms with Crippen LogP contribution in [0, 0.1) is 0 Å². The zero-order chi connectivity index (χ0) is 17.2. The van der Waals surface area contributed by atoms with Crippen molar-refractivity contribution >= 4 is 17.6 Å². The van der Waals surface area contributed by atoms with E-state index in [1.165, 1.54) is 13.2 Å². The third kappa shape index (κ3) is 5.61. The Morgan fingerprint density at radius 1 is 1.00 bits per heavy atom. The molecular weight excluding hydrogens is 306 g/mol. The van der Waals surface area contributed by atoms with Gasteiger partial charge >= 0.3 is 12.1 Å². The summed E-state index contributed by atoms with van der Waals surface area (Å²) in [5, 5.41) is 2.64. The molecule has 2 rings (SSSR count). The van der Waals surface area contributed by atoms with E-state index in [1.54, 1.807) is 0 Å². The molecule has 0 fully saturated rings. The Morgan fingerprint density at radius 3 is 2.25 bits per heavy atom. The summed E-state index contributed by atoms with van der Waals surface area (Å²) in [7, 11) is 1.31. The van der Waals surface area contributed by atoms with Gasteiger partial charge in [0.2, 0.25) is 0 Å². The summed E-state index contributed by atoms with van der Waals surface area (Å²) < 4.78 is 9.81. The summed E-state index contributed by atoms with van der Waals surface area (Å²) in [6.07, 6.45) is 0.804. The van der Waals surface area contributed by atoms with Gasteiger partial charge in [-0.15, -0.1) is 0 Å². The van der Waals surface area contributed by atoms with Crippen LogP contribution in [0.5, 0.6) is 0 Å². The maximum Gasteiger partial charge on any atom is 0.407 e. The smallest absolute Gasteiger partial charge is 0.407 e. The number of alkyl carbamates (subject to hydrolysis) is 1. The highest BCUT2D eigenvalue weighted by molar-refractivity contribution is 5.92. The van der Waals surface area contributed by atoms with Crippen LogP contribution >= 0.6 is 0 Å². The Labute approximate surface area is 140 Å². The van der Waals surface area contributed by atoms with E-state index < -0.39 is 12.1 Å². The minimum Gasteiger partial charge on any atom is -0.466 e. The lowest BCUT2D eigenvalue weighted by atomic mass is 10.1. The Kier molecular flexibility index (Phi) is 6.58. The molecule has 2 aromatic rings. The second-order valence-electron chi connectivity index (χ2n) is 4.97. The molecule has 0 aliphatic rings. The van der Waals surface area contributed by atoms with Crippen LogP contribution in [0.3, 0.4) is 0 Å². The normalized spacial score (nSPS) is 10.8. The lowest BCUT2D eigenvalue weighted by molar-refractivity contribution is -0.134. The lowest BCUT2D eigenvalue weighted by Gasteiger charge is -2.10. The molecule has 0 spiro atoms. The van der Waals surface area contributed by atoms with Gasteiger partial charge < -0.3 is 14.8 Å². The lowest BCUT2D eigenvalue weighted by Crippen LogP contribution is -2.26. The molecule has 0 aliphatic carbocycles. The van der Waals surface area contributed by atoms with E-state index >= 15 is 0 Å². The number of benzene rings is 2. The number of carbonyl (C=O) groups is 2. The third-order valence-corrected chi connectivity index (χ3v) is 3.27. The monoisotopic (exact) mass is 325 g/mol. The third-order valence-electron chi connectivity index (χ3n) is 3.27. The Hall–Kier alpha value is -3.08. The van der Waals surface area contributed by atoms with E-state index in [-0.39, 0.29) is 13.2 Å². The molecule has 1 amide bonds. The van der Waals surface area contributed by atoms with Crippen molar-refractivity contribution < 1.29 is 19.1 Å². The van der Waals surface area contributed by atoms with Crippen molar-refractivity contribution in [2.45, 2.75) is 6.61 Å². The summed E-state index contributed by atoms with van der Waals surface area (Å²) in [4.78, 5) is 23.3. The summed E-state index contributed by atoms with van der Waals surface area (Å²) in [5.41, 5.74) is 2.37. The molecule has 0 heterocycles. The summed E-state index contributed by atoms with van der Waals surface area (Å²) in [6.45, 7) is 0.348. The molecule has 1 N–H and O–H groups in total. The first kappa shape index (κ1) is 17.3. The van der Waals surface area contributed by atoms with Crippen molar-refractivity contribution in [3.8, 4) is 0 Å². The maximum atomic E-state index is 11.8. The fourth-order valence-corrected chi connectivity index (χ4v) is 2.03. The molecule has 0 bridgehead atoms. The Balaban J connectivity index is 1.94. The average Bonchev–Trinajstić information content (AvgIpc) is 2.64. The standard InChI is InChI=1S/C19H19NO4/c1-23-18(21)12-17(16-10-6-3-7-11-16)13-20-19(22)24-14-15-8-4-2-5-9-15/h2-12H,13-14H2,1H3,(H,20,22). The van der Waals surface area contributed by atoms with E-state index in [0.29, 0.717) is 5.57 Å². The van der Waals surface area contributed by atoms with E-state index in [9.17, 15) is 9.59 Å². The first-order chi connectivity index (χ1) is 11.7. The highest BCUT2D eigenvalue weighted by Crippen LogP contribution is 2.13. The quantitative estimate of drug-likeness (QED) is 0.654. The zero-order valence-corrected chi connectivity index (χ0v) is 13.4. The van der Waals surface area contributed by atoms with Crippen LogP contribution in [0.1, 0.15) is 11.1 Å². The van der Waals surface area contributed by atoms with Gasteiger partial charge in [-0.3, -0.25) is 0 Å².